The van der Waals surface area contributed by atoms with Crippen molar-refractivity contribution in [2.75, 3.05) is 19.6 Å². The van der Waals surface area contributed by atoms with Crippen LogP contribution in [0.2, 0.25) is 0 Å². The molecular formula is C26H32F3NO2. The molecule has 2 fully saturated rings. The van der Waals surface area contributed by atoms with E-state index in [4.69, 9.17) is 0 Å². The fraction of sp³-hybridized carbons (Fsp3) is 0.538. The lowest BCUT2D eigenvalue weighted by Crippen LogP contribution is -2.31. The van der Waals surface area contributed by atoms with Gasteiger partial charge in [-0.15, -0.1) is 0 Å². The number of hydrogen-bond donors (Lipinski definition) is 2. The van der Waals surface area contributed by atoms with Gasteiger partial charge in [0.2, 0.25) is 0 Å². The minimum Gasteiger partial charge on any atom is -0.387 e. The monoisotopic (exact) mass is 447 g/mol. The number of aliphatic hydroxyl groups excluding tert-OH is 1. The molecule has 0 radical (unpaired) electrons. The van der Waals surface area contributed by atoms with Crippen molar-refractivity contribution < 1.29 is 23.4 Å². The first-order chi connectivity index (χ1) is 14.8. The van der Waals surface area contributed by atoms with Gasteiger partial charge in [-0.2, -0.15) is 13.2 Å². The summed E-state index contributed by atoms with van der Waals surface area (Å²) in [5.41, 5.74) is 0.960. The standard InChI is InChI=1S/C26H32F3NO2/c1-24(2,3)20-7-9-21(10-8-20)25(32)12-18-14-30(15-19(18)13-25)16-23(31)17-5-4-6-22(11-17)26(27,28)29/h4-11,18-19,23,31-32H,12-16H2,1-3H3/t18-,19+,23?,25?. The van der Waals surface area contributed by atoms with Crippen molar-refractivity contribution in [2.45, 2.75) is 56.9 Å². The van der Waals surface area contributed by atoms with E-state index >= 15 is 0 Å². The highest BCUT2D eigenvalue weighted by molar-refractivity contribution is 5.32. The van der Waals surface area contributed by atoms with Crippen LogP contribution < -0.4 is 0 Å². The molecule has 1 aliphatic heterocycles. The lowest BCUT2D eigenvalue weighted by atomic mass is 9.84. The van der Waals surface area contributed by atoms with Crippen LogP contribution in [0.25, 0.3) is 0 Å². The van der Waals surface area contributed by atoms with Crippen LogP contribution in [0.1, 0.15) is 62.0 Å². The molecule has 174 valence electrons. The molecule has 0 bridgehead atoms. The first-order valence-corrected chi connectivity index (χ1v) is 11.3. The van der Waals surface area contributed by atoms with E-state index in [1.54, 1.807) is 0 Å². The molecule has 4 rings (SSSR count). The largest absolute Gasteiger partial charge is 0.416 e. The summed E-state index contributed by atoms with van der Waals surface area (Å²) in [6, 6.07) is 13.2. The molecule has 4 atom stereocenters. The molecule has 2 aliphatic rings. The molecule has 32 heavy (non-hydrogen) atoms. The van der Waals surface area contributed by atoms with Gasteiger partial charge in [-0.05, 0) is 58.9 Å². The molecule has 2 aromatic carbocycles. The van der Waals surface area contributed by atoms with Crippen molar-refractivity contribution in [3.8, 4) is 0 Å². The second-order valence-electron chi connectivity index (χ2n) is 10.6. The number of benzene rings is 2. The molecule has 3 nitrogen and oxygen atoms in total. The molecule has 2 unspecified atom stereocenters. The highest BCUT2D eigenvalue weighted by Gasteiger charge is 2.49. The maximum Gasteiger partial charge on any atom is 0.416 e. The number of fused-ring (bicyclic) bond motifs is 1. The number of nitrogens with zero attached hydrogens (tertiary/aromatic N) is 1. The summed E-state index contributed by atoms with van der Waals surface area (Å²) in [5.74, 6) is 0.631. The van der Waals surface area contributed by atoms with Crippen molar-refractivity contribution in [3.63, 3.8) is 0 Å². The lowest BCUT2D eigenvalue weighted by molar-refractivity contribution is -0.137. The Morgan fingerprint density at radius 3 is 2.09 bits per heavy atom. The van der Waals surface area contributed by atoms with Crippen molar-refractivity contribution in [3.05, 3.63) is 70.8 Å². The topological polar surface area (TPSA) is 43.7 Å². The number of hydrogen-bond acceptors (Lipinski definition) is 3. The number of likely N-dealkylation sites (tertiary alicyclic amines) is 1. The summed E-state index contributed by atoms with van der Waals surface area (Å²) in [5, 5.41) is 21.9. The number of halogens is 3. The first kappa shape index (κ1) is 23.3. The lowest BCUT2D eigenvalue weighted by Gasteiger charge is -2.28. The van der Waals surface area contributed by atoms with E-state index in [2.05, 4.69) is 37.8 Å². The van der Waals surface area contributed by atoms with Gasteiger partial charge in [0.15, 0.2) is 0 Å². The number of rotatable bonds is 4. The Bertz CT molecular complexity index is 935. The van der Waals surface area contributed by atoms with Crippen molar-refractivity contribution >= 4 is 0 Å². The van der Waals surface area contributed by atoms with Crippen LogP contribution in [-0.2, 0) is 17.2 Å². The molecule has 2 aromatic rings. The Balaban J connectivity index is 1.38. The minimum atomic E-state index is -4.42. The summed E-state index contributed by atoms with van der Waals surface area (Å²) in [4.78, 5) is 2.11. The van der Waals surface area contributed by atoms with Gasteiger partial charge in [-0.25, -0.2) is 0 Å². The Hall–Kier alpha value is -1.89. The molecule has 6 heteroatoms. The molecule has 1 saturated carbocycles. The maximum atomic E-state index is 13.0. The molecule has 1 saturated heterocycles. The zero-order valence-electron chi connectivity index (χ0n) is 18.9. The quantitative estimate of drug-likeness (QED) is 0.672. The molecule has 0 aromatic heterocycles. The van der Waals surface area contributed by atoms with Gasteiger partial charge in [0, 0.05) is 19.6 Å². The fourth-order valence-electron chi connectivity index (χ4n) is 5.39. The Labute approximate surface area is 187 Å². The predicted octanol–water partition coefficient (Wildman–Crippen LogP) is 5.27. The highest BCUT2D eigenvalue weighted by atomic mass is 19.4. The zero-order chi connectivity index (χ0) is 23.3. The molecule has 2 N–H and O–H groups in total. The van der Waals surface area contributed by atoms with Gasteiger partial charge in [-0.1, -0.05) is 57.2 Å². The SMILES string of the molecule is CC(C)(C)c1ccc(C2(O)C[C@H]3CN(CC(O)c4cccc(C(F)(F)F)c4)C[C@H]3C2)cc1. The zero-order valence-corrected chi connectivity index (χ0v) is 18.9. The van der Waals surface area contributed by atoms with Crippen LogP contribution in [0.3, 0.4) is 0 Å². The van der Waals surface area contributed by atoms with E-state index in [9.17, 15) is 23.4 Å². The molecule has 0 amide bonds. The van der Waals surface area contributed by atoms with E-state index < -0.39 is 23.4 Å². The smallest absolute Gasteiger partial charge is 0.387 e. The number of aliphatic hydroxyl groups is 2. The molecule has 1 heterocycles. The van der Waals surface area contributed by atoms with Crippen LogP contribution in [-0.4, -0.2) is 34.7 Å². The van der Waals surface area contributed by atoms with Crippen LogP contribution in [0.4, 0.5) is 13.2 Å². The van der Waals surface area contributed by atoms with Crippen LogP contribution in [0.5, 0.6) is 0 Å². The third kappa shape index (κ3) is 4.73. The summed E-state index contributed by atoms with van der Waals surface area (Å²) >= 11 is 0. The maximum absolute atomic E-state index is 13.0. The minimum absolute atomic E-state index is 0.0638. The highest BCUT2D eigenvalue weighted by Crippen LogP contribution is 2.49. The van der Waals surface area contributed by atoms with Crippen molar-refractivity contribution in [1.29, 1.82) is 0 Å². The van der Waals surface area contributed by atoms with Crippen LogP contribution in [0, 0.1) is 11.8 Å². The van der Waals surface area contributed by atoms with Gasteiger partial charge in [-0.3, -0.25) is 4.90 Å². The van der Waals surface area contributed by atoms with Gasteiger partial charge >= 0.3 is 6.18 Å². The van der Waals surface area contributed by atoms with Gasteiger partial charge in [0.1, 0.15) is 0 Å². The van der Waals surface area contributed by atoms with Crippen molar-refractivity contribution in [1.82, 2.24) is 4.90 Å². The molecule has 1 aliphatic carbocycles. The van der Waals surface area contributed by atoms with Gasteiger partial charge in [0.05, 0.1) is 17.3 Å². The molecular weight excluding hydrogens is 415 g/mol. The number of β-amino-alcohol motifs (C(OH)–C–C–N with tert-alkyl or cyclic N) is 1. The van der Waals surface area contributed by atoms with E-state index in [0.717, 1.165) is 30.8 Å². The van der Waals surface area contributed by atoms with E-state index in [0.29, 0.717) is 31.2 Å². The Morgan fingerprint density at radius 2 is 1.56 bits per heavy atom. The van der Waals surface area contributed by atoms with E-state index in [1.165, 1.54) is 17.7 Å². The van der Waals surface area contributed by atoms with E-state index in [-0.39, 0.29) is 11.0 Å². The average Bonchev–Trinajstić information content (AvgIpc) is 3.21. The fourth-order valence-corrected chi connectivity index (χ4v) is 5.39. The summed E-state index contributed by atoms with van der Waals surface area (Å²) in [7, 11) is 0. The van der Waals surface area contributed by atoms with E-state index in [1.807, 2.05) is 12.1 Å². The Kier molecular flexibility index (Phi) is 5.93. The summed E-state index contributed by atoms with van der Waals surface area (Å²) in [6.45, 7) is 8.27. The predicted molar refractivity (Wildman–Crippen MR) is 118 cm³/mol. The Morgan fingerprint density at radius 1 is 0.969 bits per heavy atom. The van der Waals surface area contributed by atoms with Gasteiger partial charge in [0.25, 0.3) is 0 Å². The third-order valence-electron chi connectivity index (χ3n) is 7.17. The first-order valence-electron chi connectivity index (χ1n) is 11.3. The summed E-state index contributed by atoms with van der Waals surface area (Å²) < 4.78 is 38.9. The summed E-state index contributed by atoms with van der Waals surface area (Å²) in [6.07, 6.45) is -4.05. The second-order valence-corrected chi connectivity index (χ2v) is 10.6. The molecule has 0 spiro atoms. The average molecular weight is 448 g/mol. The van der Waals surface area contributed by atoms with Crippen LogP contribution in [0.15, 0.2) is 48.5 Å². The third-order valence-corrected chi connectivity index (χ3v) is 7.17. The van der Waals surface area contributed by atoms with Gasteiger partial charge < -0.3 is 10.2 Å². The normalized spacial score (nSPS) is 27.5. The second kappa shape index (κ2) is 8.15. The van der Waals surface area contributed by atoms with Crippen molar-refractivity contribution in [2.24, 2.45) is 11.8 Å². The number of alkyl halides is 3. The van der Waals surface area contributed by atoms with Crippen LogP contribution >= 0.6 is 0 Å².